The van der Waals surface area contributed by atoms with Gasteiger partial charge in [0.1, 0.15) is 5.76 Å². The molecule has 4 nitrogen and oxygen atoms in total. The number of rotatable bonds is 4. The van der Waals surface area contributed by atoms with Gasteiger partial charge in [-0.3, -0.25) is 9.64 Å². The summed E-state index contributed by atoms with van der Waals surface area (Å²) in [6.07, 6.45) is 3.85. The van der Waals surface area contributed by atoms with E-state index in [0.717, 1.165) is 11.1 Å². The first-order chi connectivity index (χ1) is 13.2. The van der Waals surface area contributed by atoms with E-state index in [1.54, 1.807) is 18.4 Å². The fourth-order valence-electron chi connectivity index (χ4n) is 3.58. The number of hydrogen-bond donors (Lipinski definition) is 1. The minimum Gasteiger partial charge on any atom is -0.463 e. The first kappa shape index (κ1) is 16.9. The lowest BCUT2D eigenvalue weighted by Gasteiger charge is -2.32. The molecule has 1 amide bonds. The lowest BCUT2D eigenvalue weighted by Crippen LogP contribution is -2.52. The predicted octanol–water partition coefficient (Wildman–Crippen LogP) is 4.43. The second-order valence-corrected chi connectivity index (χ2v) is 6.60. The molecule has 0 unspecified atom stereocenters. The molecule has 4 rings (SSSR count). The largest absolute Gasteiger partial charge is 0.463 e. The van der Waals surface area contributed by atoms with Crippen molar-refractivity contribution in [3.8, 4) is 0 Å². The third-order valence-electron chi connectivity index (χ3n) is 4.95. The molecule has 0 radical (unpaired) electrons. The van der Waals surface area contributed by atoms with Crippen LogP contribution in [0.5, 0.6) is 0 Å². The maximum absolute atomic E-state index is 13.2. The summed E-state index contributed by atoms with van der Waals surface area (Å²) in [6, 6.07) is 23.0. The second kappa shape index (κ2) is 6.97. The van der Waals surface area contributed by atoms with Crippen LogP contribution in [0, 0.1) is 6.57 Å². The molecule has 27 heavy (non-hydrogen) atoms. The average Bonchev–Trinajstić information content (AvgIpc) is 3.25. The zero-order valence-corrected chi connectivity index (χ0v) is 14.6. The fourth-order valence-corrected chi connectivity index (χ4v) is 3.58. The molecule has 1 aliphatic rings. The molecular formula is C23H18N2O2. The van der Waals surface area contributed by atoms with Gasteiger partial charge in [0, 0.05) is 0 Å². The third kappa shape index (κ3) is 3.04. The van der Waals surface area contributed by atoms with E-state index in [1.807, 2.05) is 66.7 Å². The topological polar surface area (TPSA) is 46.6 Å². The Kier molecular flexibility index (Phi) is 4.35. The third-order valence-corrected chi connectivity index (χ3v) is 4.95. The van der Waals surface area contributed by atoms with Gasteiger partial charge in [0.2, 0.25) is 0 Å². The molecule has 0 fully saturated rings. The lowest BCUT2D eigenvalue weighted by molar-refractivity contribution is -0.124. The number of nitrogens with one attached hydrogen (secondary N) is 1. The zero-order chi connectivity index (χ0) is 18.7. The number of amides is 1. The molecule has 132 valence electrons. The normalized spacial score (nSPS) is 21.8. The lowest BCUT2D eigenvalue weighted by atomic mass is 9.72. The summed E-state index contributed by atoms with van der Waals surface area (Å²) < 4.78 is 5.47. The first-order valence-corrected chi connectivity index (χ1v) is 8.77. The SMILES string of the molecule is [C-]#[N+][C@@]1(Cc2ccccc2)C(=O)NC(c2ccco2)=C[C@H]1c1ccccc1. The van der Waals surface area contributed by atoms with Crippen molar-refractivity contribution in [2.24, 2.45) is 0 Å². The van der Waals surface area contributed by atoms with Crippen molar-refractivity contribution in [1.82, 2.24) is 5.32 Å². The summed E-state index contributed by atoms with van der Waals surface area (Å²) in [5.74, 6) is -0.100. The van der Waals surface area contributed by atoms with Gasteiger partial charge in [-0.25, -0.2) is 6.57 Å². The van der Waals surface area contributed by atoms with Crippen molar-refractivity contribution in [1.29, 1.82) is 0 Å². The molecule has 0 bridgehead atoms. The van der Waals surface area contributed by atoms with Crippen LogP contribution in [0.4, 0.5) is 0 Å². The van der Waals surface area contributed by atoms with Crippen molar-refractivity contribution in [3.63, 3.8) is 0 Å². The average molecular weight is 354 g/mol. The van der Waals surface area contributed by atoms with Crippen LogP contribution in [-0.4, -0.2) is 11.4 Å². The number of hydrogen-bond acceptors (Lipinski definition) is 2. The van der Waals surface area contributed by atoms with E-state index in [1.165, 1.54) is 0 Å². The van der Waals surface area contributed by atoms with Gasteiger partial charge in [-0.2, -0.15) is 0 Å². The van der Waals surface area contributed by atoms with E-state index in [4.69, 9.17) is 11.0 Å². The van der Waals surface area contributed by atoms with Crippen molar-refractivity contribution >= 4 is 11.6 Å². The van der Waals surface area contributed by atoms with Gasteiger partial charge in [-0.1, -0.05) is 60.7 Å². The summed E-state index contributed by atoms with van der Waals surface area (Å²) in [5.41, 5.74) is 1.24. The monoisotopic (exact) mass is 354 g/mol. The highest BCUT2D eigenvalue weighted by Gasteiger charge is 2.55. The summed E-state index contributed by atoms with van der Waals surface area (Å²) in [5, 5.41) is 2.90. The van der Waals surface area contributed by atoms with Gasteiger partial charge in [-0.05, 0) is 29.3 Å². The Morgan fingerprint density at radius 3 is 2.33 bits per heavy atom. The van der Waals surface area contributed by atoms with Crippen LogP contribution in [0.1, 0.15) is 22.8 Å². The number of benzene rings is 2. The Balaban J connectivity index is 1.85. The van der Waals surface area contributed by atoms with Gasteiger partial charge < -0.3 is 9.73 Å². The standard InChI is InChI=1S/C23H18N2O2/c1-24-23(16-17-9-4-2-5-10-17)19(18-11-6-3-7-12-18)15-20(25-22(23)26)21-13-8-14-27-21/h2-15,19H,16H2,(H,25,26)/t19-,23+/m0/s1. The number of furan rings is 1. The van der Waals surface area contributed by atoms with Crippen LogP contribution in [0.25, 0.3) is 10.5 Å². The summed E-state index contributed by atoms with van der Waals surface area (Å²) in [7, 11) is 0. The molecule has 0 spiro atoms. The summed E-state index contributed by atoms with van der Waals surface area (Å²) in [4.78, 5) is 17.1. The Labute approximate surface area is 158 Å². The predicted molar refractivity (Wildman–Crippen MR) is 103 cm³/mol. The smallest absolute Gasteiger partial charge is 0.323 e. The minimum atomic E-state index is -1.25. The van der Waals surface area contributed by atoms with Crippen LogP contribution in [-0.2, 0) is 11.2 Å². The molecule has 4 heteroatoms. The Morgan fingerprint density at radius 1 is 1.00 bits per heavy atom. The Hall–Kier alpha value is -3.58. The molecule has 3 aromatic rings. The number of carbonyl (C=O) groups excluding carboxylic acids is 1. The molecule has 1 aliphatic heterocycles. The highest BCUT2D eigenvalue weighted by atomic mass is 16.3. The molecule has 2 aromatic carbocycles. The molecule has 0 saturated heterocycles. The van der Waals surface area contributed by atoms with E-state index in [2.05, 4.69) is 10.2 Å². The van der Waals surface area contributed by atoms with Crippen molar-refractivity contribution in [2.75, 3.05) is 0 Å². The van der Waals surface area contributed by atoms with E-state index >= 15 is 0 Å². The minimum absolute atomic E-state index is 0.302. The quantitative estimate of drug-likeness (QED) is 0.704. The van der Waals surface area contributed by atoms with E-state index in [0.29, 0.717) is 17.9 Å². The van der Waals surface area contributed by atoms with Crippen LogP contribution < -0.4 is 5.32 Å². The van der Waals surface area contributed by atoms with Gasteiger partial charge in [-0.15, -0.1) is 0 Å². The second-order valence-electron chi connectivity index (χ2n) is 6.60. The van der Waals surface area contributed by atoms with Crippen molar-refractivity contribution in [3.05, 3.63) is 113 Å². The summed E-state index contributed by atoms with van der Waals surface area (Å²) in [6.45, 7) is 7.96. The molecule has 2 heterocycles. The fraction of sp³-hybridized carbons (Fsp3) is 0.130. The van der Waals surface area contributed by atoms with E-state index in [-0.39, 0.29) is 11.8 Å². The maximum Gasteiger partial charge on any atom is 0.323 e. The first-order valence-electron chi connectivity index (χ1n) is 8.77. The Morgan fingerprint density at radius 2 is 1.70 bits per heavy atom. The number of carbonyl (C=O) groups is 1. The molecule has 0 saturated carbocycles. The highest BCUT2D eigenvalue weighted by Crippen LogP contribution is 2.41. The molecule has 0 aliphatic carbocycles. The van der Waals surface area contributed by atoms with Crippen LogP contribution in [0.3, 0.4) is 0 Å². The van der Waals surface area contributed by atoms with Gasteiger partial charge in [0.15, 0.2) is 0 Å². The van der Waals surface area contributed by atoms with Gasteiger partial charge in [0.05, 0.1) is 24.3 Å². The van der Waals surface area contributed by atoms with Crippen LogP contribution in [0.2, 0.25) is 0 Å². The van der Waals surface area contributed by atoms with Crippen LogP contribution >= 0.6 is 0 Å². The highest BCUT2D eigenvalue weighted by molar-refractivity contribution is 5.99. The van der Waals surface area contributed by atoms with E-state index in [9.17, 15) is 4.79 Å². The maximum atomic E-state index is 13.2. The van der Waals surface area contributed by atoms with Gasteiger partial charge >= 0.3 is 11.4 Å². The summed E-state index contributed by atoms with van der Waals surface area (Å²) >= 11 is 0. The number of nitrogens with zero attached hydrogens (tertiary/aromatic N) is 1. The zero-order valence-electron chi connectivity index (χ0n) is 14.6. The molecule has 2 atom stereocenters. The Bertz CT molecular complexity index is 1000. The molecule has 1 aromatic heterocycles. The van der Waals surface area contributed by atoms with Crippen molar-refractivity contribution < 1.29 is 9.21 Å². The molecular weight excluding hydrogens is 336 g/mol. The van der Waals surface area contributed by atoms with E-state index < -0.39 is 5.54 Å². The molecule has 1 N–H and O–H groups in total. The van der Waals surface area contributed by atoms with Crippen molar-refractivity contribution in [2.45, 2.75) is 17.9 Å². The van der Waals surface area contributed by atoms with Gasteiger partial charge in [0.25, 0.3) is 0 Å². The van der Waals surface area contributed by atoms with Crippen LogP contribution in [0.15, 0.2) is 89.6 Å².